The fourth-order valence-electron chi connectivity index (χ4n) is 2.69. The lowest BCUT2D eigenvalue weighted by atomic mass is 10.2. The third-order valence-electron chi connectivity index (χ3n) is 4.02. The number of H-pyrrole nitrogens is 2. The molecule has 0 aliphatic heterocycles. The number of nitrogens with two attached hydrogens (primary N) is 1. The number of thiazole rings is 1. The number of primary amides is 1. The fourth-order valence-corrected chi connectivity index (χ4v) is 3.42. The topological polar surface area (TPSA) is 130 Å². The maximum absolute atomic E-state index is 12.2. The zero-order chi connectivity index (χ0) is 18.8. The van der Waals surface area contributed by atoms with Crippen LogP contribution in [0.3, 0.4) is 0 Å². The van der Waals surface area contributed by atoms with Crippen LogP contribution in [-0.4, -0.2) is 31.8 Å². The smallest absolute Gasteiger partial charge is 0.265 e. The van der Waals surface area contributed by atoms with Crippen LogP contribution in [-0.2, 0) is 11.2 Å². The molecule has 0 saturated carbocycles. The van der Waals surface area contributed by atoms with Crippen LogP contribution in [0.15, 0.2) is 41.9 Å². The van der Waals surface area contributed by atoms with E-state index in [0.29, 0.717) is 29.4 Å². The zero-order valence-electron chi connectivity index (χ0n) is 14.2. The molecule has 3 aromatic heterocycles. The number of aryl methyl sites for hydroxylation is 1. The van der Waals surface area contributed by atoms with Crippen molar-refractivity contribution in [1.82, 2.24) is 19.9 Å². The van der Waals surface area contributed by atoms with E-state index in [1.54, 1.807) is 12.3 Å². The molecule has 1 aromatic carbocycles. The van der Waals surface area contributed by atoms with Gasteiger partial charge >= 0.3 is 0 Å². The van der Waals surface area contributed by atoms with Crippen molar-refractivity contribution < 1.29 is 9.59 Å². The normalized spacial score (nSPS) is 11.0. The number of nitrogens with one attached hydrogen (secondary N) is 3. The van der Waals surface area contributed by atoms with Gasteiger partial charge in [-0.15, -0.1) is 11.3 Å². The van der Waals surface area contributed by atoms with Crippen molar-refractivity contribution in [3.05, 3.63) is 53.4 Å². The second kappa shape index (κ2) is 7.04. The summed E-state index contributed by atoms with van der Waals surface area (Å²) in [5.41, 5.74) is 8.79. The van der Waals surface area contributed by atoms with Crippen LogP contribution < -0.4 is 11.1 Å². The highest BCUT2D eigenvalue weighted by Gasteiger charge is 2.12. The number of anilines is 1. The van der Waals surface area contributed by atoms with Crippen LogP contribution in [0, 0.1) is 0 Å². The van der Waals surface area contributed by atoms with Crippen molar-refractivity contribution in [3.8, 4) is 11.3 Å². The number of fused-ring (bicyclic) bond motifs is 1. The Morgan fingerprint density at radius 2 is 2.07 bits per heavy atom. The highest BCUT2D eigenvalue weighted by atomic mass is 32.1. The van der Waals surface area contributed by atoms with Crippen LogP contribution in [0.25, 0.3) is 22.3 Å². The van der Waals surface area contributed by atoms with Gasteiger partial charge < -0.3 is 21.0 Å². The van der Waals surface area contributed by atoms with Gasteiger partial charge in [-0.05, 0) is 18.2 Å². The number of hydrogen-bond donors (Lipinski definition) is 4. The lowest BCUT2D eigenvalue weighted by Crippen LogP contribution is -2.12. The van der Waals surface area contributed by atoms with Crippen LogP contribution in [0.5, 0.6) is 0 Å². The average molecular weight is 380 g/mol. The Morgan fingerprint density at radius 1 is 1.22 bits per heavy atom. The minimum Gasteiger partial charge on any atom is -0.364 e. The Morgan fingerprint density at radius 3 is 2.85 bits per heavy atom. The standard InChI is InChI=1S/C18H16N6O2S/c19-17(26)13-7-10(8-20-13)14-9-27-18(23-14)24-16(25)6-5-15-21-11-3-1-2-4-12(11)22-15/h1-4,7-9,20H,5-6H2,(H2,19,26)(H,21,22)(H,23,24,25). The van der Waals surface area contributed by atoms with Crippen molar-refractivity contribution in [2.45, 2.75) is 12.8 Å². The number of aromatic amines is 2. The summed E-state index contributed by atoms with van der Waals surface area (Å²) in [5.74, 6) is 0.108. The molecule has 2 amide bonds. The largest absolute Gasteiger partial charge is 0.364 e. The Bertz CT molecular complexity index is 1090. The molecule has 0 aliphatic carbocycles. The molecule has 136 valence electrons. The summed E-state index contributed by atoms with van der Waals surface area (Å²) in [4.78, 5) is 38.2. The van der Waals surface area contributed by atoms with Crippen LogP contribution in [0.4, 0.5) is 5.13 Å². The number of nitrogens with zero attached hydrogens (tertiary/aromatic N) is 2. The number of benzene rings is 1. The molecule has 5 N–H and O–H groups in total. The molecule has 0 spiro atoms. The highest BCUT2D eigenvalue weighted by molar-refractivity contribution is 7.14. The zero-order valence-corrected chi connectivity index (χ0v) is 15.0. The summed E-state index contributed by atoms with van der Waals surface area (Å²) in [6.45, 7) is 0. The van der Waals surface area contributed by atoms with Gasteiger partial charge in [0.2, 0.25) is 5.91 Å². The van der Waals surface area contributed by atoms with Gasteiger partial charge in [0, 0.05) is 30.0 Å². The molecule has 4 rings (SSSR count). The van der Waals surface area contributed by atoms with Crippen molar-refractivity contribution in [3.63, 3.8) is 0 Å². The lowest BCUT2D eigenvalue weighted by Gasteiger charge is -2.00. The number of amides is 2. The van der Waals surface area contributed by atoms with Gasteiger partial charge in [0.1, 0.15) is 11.5 Å². The first-order chi connectivity index (χ1) is 13.1. The van der Waals surface area contributed by atoms with Gasteiger partial charge in [0.25, 0.3) is 5.91 Å². The summed E-state index contributed by atoms with van der Waals surface area (Å²) < 4.78 is 0. The number of aromatic nitrogens is 4. The Balaban J connectivity index is 1.36. The van der Waals surface area contributed by atoms with E-state index in [2.05, 4.69) is 25.3 Å². The van der Waals surface area contributed by atoms with Gasteiger partial charge in [-0.2, -0.15) is 0 Å². The molecular weight excluding hydrogens is 364 g/mol. The van der Waals surface area contributed by atoms with Gasteiger partial charge in [-0.3, -0.25) is 9.59 Å². The number of imidazole rings is 1. The second-order valence-corrected chi connectivity index (χ2v) is 6.81. The van der Waals surface area contributed by atoms with E-state index in [0.717, 1.165) is 22.4 Å². The number of para-hydroxylation sites is 2. The first-order valence-corrected chi connectivity index (χ1v) is 9.14. The van der Waals surface area contributed by atoms with Gasteiger partial charge in [0.15, 0.2) is 5.13 Å². The molecular formula is C18H16N6O2S. The van der Waals surface area contributed by atoms with Crippen molar-refractivity contribution >= 4 is 39.3 Å². The van der Waals surface area contributed by atoms with Crippen LogP contribution in [0.2, 0.25) is 0 Å². The summed E-state index contributed by atoms with van der Waals surface area (Å²) in [6.07, 6.45) is 2.46. The molecule has 0 saturated heterocycles. The average Bonchev–Trinajstić information content (AvgIpc) is 3.38. The van der Waals surface area contributed by atoms with Crippen molar-refractivity contribution in [1.29, 1.82) is 0 Å². The molecule has 0 bridgehead atoms. The van der Waals surface area contributed by atoms with Gasteiger partial charge in [-0.25, -0.2) is 9.97 Å². The molecule has 0 aliphatic rings. The third kappa shape index (κ3) is 3.72. The maximum Gasteiger partial charge on any atom is 0.265 e. The number of rotatable bonds is 6. The molecule has 0 unspecified atom stereocenters. The quantitative estimate of drug-likeness (QED) is 0.410. The van der Waals surface area contributed by atoms with E-state index in [4.69, 9.17) is 5.73 Å². The van der Waals surface area contributed by atoms with E-state index >= 15 is 0 Å². The second-order valence-electron chi connectivity index (χ2n) is 5.95. The molecule has 3 heterocycles. The SMILES string of the molecule is NC(=O)c1cc(-c2csc(NC(=O)CCc3nc4ccccc4[nH]3)n2)c[nH]1. The van der Waals surface area contributed by atoms with Crippen molar-refractivity contribution in [2.24, 2.45) is 5.73 Å². The number of carbonyl (C=O) groups excluding carboxylic acids is 2. The Kier molecular flexibility index (Phi) is 4.43. The van der Waals surface area contributed by atoms with E-state index < -0.39 is 5.91 Å². The molecule has 0 radical (unpaired) electrons. The number of carbonyl (C=O) groups is 2. The van der Waals surface area contributed by atoms with E-state index in [9.17, 15) is 9.59 Å². The Hall–Kier alpha value is -3.46. The molecule has 0 atom stereocenters. The summed E-state index contributed by atoms with van der Waals surface area (Å²) in [5, 5.41) is 5.10. The third-order valence-corrected chi connectivity index (χ3v) is 4.78. The molecule has 4 aromatic rings. The highest BCUT2D eigenvalue weighted by Crippen LogP contribution is 2.25. The van der Waals surface area contributed by atoms with E-state index in [1.165, 1.54) is 11.3 Å². The van der Waals surface area contributed by atoms with E-state index in [-0.39, 0.29) is 5.91 Å². The van der Waals surface area contributed by atoms with Crippen molar-refractivity contribution in [2.75, 3.05) is 5.32 Å². The molecule has 27 heavy (non-hydrogen) atoms. The fraction of sp³-hybridized carbons (Fsp3) is 0.111. The minimum absolute atomic E-state index is 0.136. The summed E-state index contributed by atoms with van der Waals surface area (Å²) >= 11 is 1.32. The van der Waals surface area contributed by atoms with E-state index in [1.807, 2.05) is 29.6 Å². The summed E-state index contributed by atoms with van der Waals surface area (Å²) in [6, 6.07) is 9.37. The lowest BCUT2D eigenvalue weighted by molar-refractivity contribution is -0.116. The van der Waals surface area contributed by atoms with Crippen LogP contribution >= 0.6 is 11.3 Å². The minimum atomic E-state index is -0.532. The molecule has 9 heteroatoms. The predicted molar refractivity (Wildman–Crippen MR) is 103 cm³/mol. The molecule has 8 nitrogen and oxygen atoms in total. The number of hydrogen-bond acceptors (Lipinski definition) is 5. The van der Waals surface area contributed by atoms with Gasteiger partial charge in [-0.1, -0.05) is 12.1 Å². The van der Waals surface area contributed by atoms with Gasteiger partial charge in [0.05, 0.1) is 16.7 Å². The first kappa shape index (κ1) is 17.0. The van der Waals surface area contributed by atoms with Crippen LogP contribution in [0.1, 0.15) is 22.7 Å². The monoisotopic (exact) mass is 380 g/mol. The predicted octanol–water partition coefficient (Wildman–Crippen LogP) is 2.68. The first-order valence-electron chi connectivity index (χ1n) is 8.26. The molecule has 0 fully saturated rings. The Labute approximate surface area is 157 Å². The summed E-state index contributed by atoms with van der Waals surface area (Å²) in [7, 11) is 0. The maximum atomic E-state index is 12.2.